The predicted octanol–water partition coefficient (Wildman–Crippen LogP) is 4.78. The molecule has 3 nitrogen and oxygen atoms in total. The van der Waals surface area contributed by atoms with E-state index < -0.39 is 24.5 Å². The molecule has 0 aliphatic rings. The average Bonchev–Trinajstić information content (AvgIpc) is 2.48. The maximum atomic E-state index is 13.4. The smallest absolute Gasteiger partial charge is 0.422 e. The van der Waals surface area contributed by atoms with Crippen molar-refractivity contribution >= 4 is 27.5 Å². The molecule has 0 saturated carbocycles. The van der Waals surface area contributed by atoms with Crippen molar-refractivity contribution < 1.29 is 27.1 Å². The van der Waals surface area contributed by atoms with Crippen LogP contribution in [0.5, 0.6) is 5.75 Å². The molecule has 0 atom stereocenters. The lowest BCUT2D eigenvalue weighted by Gasteiger charge is -2.13. The van der Waals surface area contributed by atoms with E-state index in [1.54, 1.807) is 0 Å². The molecule has 2 rings (SSSR count). The van der Waals surface area contributed by atoms with Crippen molar-refractivity contribution in [3.63, 3.8) is 0 Å². The Morgan fingerprint density at radius 2 is 1.87 bits per heavy atom. The van der Waals surface area contributed by atoms with Gasteiger partial charge in [0.05, 0.1) is 10.2 Å². The van der Waals surface area contributed by atoms with E-state index in [2.05, 4.69) is 26.0 Å². The van der Waals surface area contributed by atoms with Crippen LogP contribution in [0.3, 0.4) is 0 Å². The number of hydrogen-bond donors (Lipinski definition) is 1. The normalized spacial score (nSPS) is 11.2. The molecule has 0 aliphatic heterocycles. The lowest BCUT2D eigenvalue weighted by Crippen LogP contribution is -2.20. The van der Waals surface area contributed by atoms with Crippen molar-refractivity contribution in [3.8, 4) is 5.75 Å². The number of para-hydroxylation sites is 2. The molecule has 2 aromatic rings. The molecule has 23 heavy (non-hydrogen) atoms. The van der Waals surface area contributed by atoms with Crippen molar-refractivity contribution in [1.82, 2.24) is 0 Å². The van der Waals surface area contributed by atoms with E-state index in [0.717, 1.165) is 6.07 Å². The van der Waals surface area contributed by atoms with E-state index in [4.69, 9.17) is 0 Å². The summed E-state index contributed by atoms with van der Waals surface area (Å²) in [7, 11) is 0. The third-order valence-corrected chi connectivity index (χ3v) is 3.35. The second-order valence-electron chi connectivity index (χ2n) is 4.48. The van der Waals surface area contributed by atoms with Crippen molar-refractivity contribution in [2.24, 2.45) is 0 Å². The number of carbonyl (C=O) groups excluding carboxylic acids is 1. The Morgan fingerprint density at radius 1 is 1.17 bits per heavy atom. The van der Waals surface area contributed by atoms with Gasteiger partial charge in [0.2, 0.25) is 0 Å². The average molecular weight is 392 g/mol. The SMILES string of the molecule is O=C(Nc1ccccc1OCC(F)(F)F)c1ccc(Br)c(F)c1. The number of hydrogen-bond acceptors (Lipinski definition) is 2. The molecule has 0 saturated heterocycles. The van der Waals surface area contributed by atoms with Gasteiger partial charge in [-0.2, -0.15) is 13.2 Å². The van der Waals surface area contributed by atoms with Crippen LogP contribution in [-0.2, 0) is 0 Å². The molecule has 8 heteroatoms. The fourth-order valence-corrected chi connectivity index (χ4v) is 1.93. The van der Waals surface area contributed by atoms with Gasteiger partial charge in [-0.15, -0.1) is 0 Å². The minimum Gasteiger partial charge on any atom is -0.482 e. The number of rotatable bonds is 4. The van der Waals surface area contributed by atoms with Crippen molar-refractivity contribution in [2.45, 2.75) is 6.18 Å². The van der Waals surface area contributed by atoms with Gasteiger partial charge >= 0.3 is 6.18 Å². The number of alkyl halides is 3. The monoisotopic (exact) mass is 391 g/mol. The molecule has 0 aromatic heterocycles. The van der Waals surface area contributed by atoms with Crippen LogP contribution in [0.1, 0.15) is 10.4 Å². The van der Waals surface area contributed by atoms with Crippen LogP contribution in [0.25, 0.3) is 0 Å². The first-order chi connectivity index (χ1) is 10.8. The molecule has 0 unspecified atom stereocenters. The summed E-state index contributed by atoms with van der Waals surface area (Å²) >= 11 is 2.96. The Balaban J connectivity index is 2.16. The minimum absolute atomic E-state index is 0.0244. The van der Waals surface area contributed by atoms with Crippen molar-refractivity contribution in [1.29, 1.82) is 0 Å². The van der Waals surface area contributed by atoms with Crippen LogP contribution in [0, 0.1) is 5.82 Å². The number of nitrogens with one attached hydrogen (secondary N) is 1. The Labute approximate surface area is 137 Å². The Hall–Kier alpha value is -2.09. The summed E-state index contributed by atoms with van der Waals surface area (Å²) in [5.74, 6) is -1.42. The van der Waals surface area contributed by atoms with E-state index in [-0.39, 0.29) is 21.5 Å². The summed E-state index contributed by atoms with van der Waals surface area (Å²) in [6, 6.07) is 9.43. The lowest BCUT2D eigenvalue weighted by atomic mass is 10.2. The highest BCUT2D eigenvalue weighted by atomic mass is 79.9. The summed E-state index contributed by atoms with van der Waals surface area (Å²) < 4.78 is 55.0. The lowest BCUT2D eigenvalue weighted by molar-refractivity contribution is -0.153. The molecular formula is C15H10BrF4NO2. The van der Waals surface area contributed by atoms with Gasteiger partial charge in [0.25, 0.3) is 5.91 Å². The summed E-state index contributed by atoms with van der Waals surface area (Å²) in [6.45, 7) is -1.48. The van der Waals surface area contributed by atoms with Crippen molar-refractivity contribution in [2.75, 3.05) is 11.9 Å². The number of benzene rings is 2. The first-order valence-corrected chi connectivity index (χ1v) is 7.10. The minimum atomic E-state index is -4.49. The maximum absolute atomic E-state index is 13.4. The topological polar surface area (TPSA) is 38.3 Å². The molecule has 0 aliphatic carbocycles. The largest absolute Gasteiger partial charge is 0.482 e. The fourth-order valence-electron chi connectivity index (χ4n) is 1.69. The molecule has 0 heterocycles. The molecule has 1 N–H and O–H groups in total. The summed E-state index contributed by atoms with van der Waals surface area (Å²) in [5, 5.41) is 2.40. The van der Waals surface area contributed by atoms with Gasteiger partial charge in [0.15, 0.2) is 6.61 Å². The van der Waals surface area contributed by atoms with E-state index in [0.29, 0.717) is 0 Å². The number of carbonyl (C=O) groups is 1. The molecule has 0 fully saturated rings. The van der Waals surface area contributed by atoms with Gasteiger partial charge in [-0.25, -0.2) is 4.39 Å². The van der Waals surface area contributed by atoms with Crippen LogP contribution in [0.15, 0.2) is 46.9 Å². The Morgan fingerprint density at radius 3 is 2.52 bits per heavy atom. The van der Waals surface area contributed by atoms with Crippen LogP contribution in [0.2, 0.25) is 0 Å². The van der Waals surface area contributed by atoms with Gasteiger partial charge in [0.1, 0.15) is 11.6 Å². The van der Waals surface area contributed by atoms with Crippen LogP contribution >= 0.6 is 15.9 Å². The maximum Gasteiger partial charge on any atom is 0.422 e. The van der Waals surface area contributed by atoms with E-state index in [1.807, 2.05) is 0 Å². The zero-order valence-corrected chi connectivity index (χ0v) is 13.0. The van der Waals surface area contributed by atoms with Gasteiger partial charge in [-0.05, 0) is 46.3 Å². The Bertz CT molecular complexity index is 719. The second kappa shape index (κ2) is 6.99. The molecular weight excluding hydrogens is 382 g/mol. The molecule has 122 valence electrons. The number of amides is 1. The zero-order valence-electron chi connectivity index (χ0n) is 11.5. The first-order valence-electron chi connectivity index (χ1n) is 6.31. The molecule has 1 amide bonds. The highest BCUT2D eigenvalue weighted by Gasteiger charge is 2.28. The summed E-state index contributed by atoms with van der Waals surface area (Å²) in [4.78, 5) is 12.1. The molecule has 2 aromatic carbocycles. The predicted molar refractivity (Wildman–Crippen MR) is 80.0 cm³/mol. The van der Waals surface area contributed by atoms with Gasteiger partial charge < -0.3 is 10.1 Å². The molecule has 0 bridgehead atoms. The second-order valence-corrected chi connectivity index (χ2v) is 5.34. The standard InChI is InChI=1S/C15H10BrF4NO2/c16-10-6-5-9(7-11(10)17)14(22)21-12-3-1-2-4-13(12)23-8-15(18,19)20/h1-7H,8H2,(H,21,22). The van der Waals surface area contributed by atoms with Gasteiger partial charge in [-0.3, -0.25) is 4.79 Å². The van der Waals surface area contributed by atoms with E-state index in [9.17, 15) is 22.4 Å². The summed E-state index contributed by atoms with van der Waals surface area (Å²) in [5.41, 5.74) is 0.0846. The van der Waals surface area contributed by atoms with Crippen molar-refractivity contribution in [3.05, 3.63) is 58.3 Å². The Kier molecular flexibility index (Phi) is 5.25. The third kappa shape index (κ3) is 4.95. The number of ether oxygens (including phenoxy) is 1. The van der Waals surface area contributed by atoms with Crippen LogP contribution in [-0.4, -0.2) is 18.7 Å². The quantitative estimate of drug-likeness (QED) is 0.761. The molecule has 0 spiro atoms. The highest BCUT2D eigenvalue weighted by Crippen LogP contribution is 2.27. The van der Waals surface area contributed by atoms with Gasteiger partial charge in [-0.1, -0.05) is 12.1 Å². The highest BCUT2D eigenvalue weighted by molar-refractivity contribution is 9.10. The first kappa shape index (κ1) is 17.3. The third-order valence-electron chi connectivity index (χ3n) is 2.71. The van der Waals surface area contributed by atoms with Crippen LogP contribution in [0.4, 0.5) is 23.2 Å². The van der Waals surface area contributed by atoms with Gasteiger partial charge in [0, 0.05) is 5.56 Å². The van der Waals surface area contributed by atoms with E-state index in [1.165, 1.54) is 36.4 Å². The summed E-state index contributed by atoms with van der Waals surface area (Å²) in [6.07, 6.45) is -4.49. The number of halogens is 5. The molecule has 0 radical (unpaired) electrons. The van der Waals surface area contributed by atoms with E-state index >= 15 is 0 Å². The van der Waals surface area contributed by atoms with Crippen LogP contribution < -0.4 is 10.1 Å². The fraction of sp³-hybridized carbons (Fsp3) is 0.133. The number of anilines is 1. The zero-order chi connectivity index (χ0) is 17.0.